The van der Waals surface area contributed by atoms with Crippen LogP contribution in [0.3, 0.4) is 0 Å². The van der Waals surface area contributed by atoms with E-state index in [1.165, 1.54) is 12.8 Å². The predicted molar refractivity (Wildman–Crippen MR) is 97.4 cm³/mol. The standard InChI is InChI=1S/C19H26F2N4O3/c20-13-7-16(21)18(23-9-13)19(28)24-10-15-4-3-14(8-17(27)22-5-6-26)25(15)11-12-1-2-12/h7,9,12,14-15,26H,1-6,8,10-11H2,(H,22,27)(H,24,28)/t14-,15+/m1/s1. The first-order valence-electron chi connectivity index (χ1n) is 9.70. The molecular weight excluding hydrogens is 370 g/mol. The van der Waals surface area contributed by atoms with Gasteiger partial charge in [-0.1, -0.05) is 0 Å². The number of nitrogens with one attached hydrogen (secondary N) is 2. The van der Waals surface area contributed by atoms with Gasteiger partial charge in [0.25, 0.3) is 5.91 Å². The van der Waals surface area contributed by atoms with Crippen molar-refractivity contribution in [3.8, 4) is 0 Å². The topological polar surface area (TPSA) is 94.6 Å². The van der Waals surface area contributed by atoms with Crippen LogP contribution in [0.1, 0.15) is 42.6 Å². The number of likely N-dealkylation sites (tertiary alicyclic amines) is 1. The van der Waals surface area contributed by atoms with E-state index < -0.39 is 23.2 Å². The lowest BCUT2D eigenvalue weighted by Crippen LogP contribution is -2.45. The molecule has 2 atom stereocenters. The SMILES string of the molecule is O=C(C[C@H]1CC[C@@H](CNC(=O)c2ncc(F)cc2F)N1CC1CC1)NCCO. The van der Waals surface area contributed by atoms with Gasteiger partial charge in [-0.15, -0.1) is 0 Å². The van der Waals surface area contributed by atoms with E-state index in [0.717, 1.165) is 25.6 Å². The number of rotatable bonds is 9. The lowest BCUT2D eigenvalue weighted by molar-refractivity contribution is -0.122. The number of aliphatic hydroxyl groups excluding tert-OH is 1. The first-order valence-corrected chi connectivity index (χ1v) is 9.70. The summed E-state index contributed by atoms with van der Waals surface area (Å²) in [6.45, 7) is 1.34. The van der Waals surface area contributed by atoms with Crippen LogP contribution in [0.2, 0.25) is 0 Å². The van der Waals surface area contributed by atoms with Crippen LogP contribution in [-0.2, 0) is 4.79 Å². The minimum absolute atomic E-state index is 0.0590. The van der Waals surface area contributed by atoms with E-state index in [1.54, 1.807) is 0 Å². The van der Waals surface area contributed by atoms with Crippen molar-refractivity contribution in [2.45, 2.75) is 44.2 Å². The molecule has 2 amide bonds. The fraction of sp³-hybridized carbons (Fsp3) is 0.632. The minimum Gasteiger partial charge on any atom is -0.395 e. The molecule has 1 saturated heterocycles. The van der Waals surface area contributed by atoms with Crippen LogP contribution in [0, 0.1) is 17.6 Å². The van der Waals surface area contributed by atoms with Gasteiger partial charge in [0, 0.05) is 44.2 Å². The second-order valence-corrected chi connectivity index (χ2v) is 7.50. The van der Waals surface area contributed by atoms with Crippen LogP contribution >= 0.6 is 0 Å². The van der Waals surface area contributed by atoms with Crippen molar-refractivity contribution < 1.29 is 23.5 Å². The Balaban J connectivity index is 1.57. The predicted octanol–water partition coefficient (Wildman–Crippen LogP) is 0.831. The molecule has 0 bridgehead atoms. The van der Waals surface area contributed by atoms with Crippen molar-refractivity contribution in [3.05, 3.63) is 29.6 Å². The fourth-order valence-electron chi connectivity index (χ4n) is 3.71. The Hall–Kier alpha value is -2.13. The third-order valence-corrected chi connectivity index (χ3v) is 5.31. The van der Waals surface area contributed by atoms with E-state index >= 15 is 0 Å². The summed E-state index contributed by atoms with van der Waals surface area (Å²) >= 11 is 0. The summed E-state index contributed by atoms with van der Waals surface area (Å²) in [7, 11) is 0. The quantitative estimate of drug-likeness (QED) is 0.575. The number of carbonyl (C=O) groups is 2. The second-order valence-electron chi connectivity index (χ2n) is 7.50. The summed E-state index contributed by atoms with van der Waals surface area (Å²) in [6, 6.07) is 0.781. The molecule has 154 valence electrons. The highest BCUT2D eigenvalue weighted by Crippen LogP contribution is 2.35. The van der Waals surface area contributed by atoms with Gasteiger partial charge in [-0.2, -0.15) is 0 Å². The van der Waals surface area contributed by atoms with E-state index in [-0.39, 0.29) is 31.1 Å². The molecule has 3 rings (SSSR count). The Morgan fingerprint density at radius 1 is 1.18 bits per heavy atom. The molecule has 9 heteroatoms. The number of hydrogen-bond donors (Lipinski definition) is 3. The third-order valence-electron chi connectivity index (χ3n) is 5.31. The fourth-order valence-corrected chi connectivity index (χ4v) is 3.71. The lowest BCUT2D eigenvalue weighted by Gasteiger charge is -2.30. The summed E-state index contributed by atoms with van der Waals surface area (Å²) in [4.78, 5) is 30.0. The molecule has 1 aromatic heterocycles. The molecular formula is C19H26F2N4O3. The van der Waals surface area contributed by atoms with E-state index in [2.05, 4.69) is 20.5 Å². The Kier molecular flexibility index (Phi) is 6.90. The van der Waals surface area contributed by atoms with Crippen LogP contribution in [0.25, 0.3) is 0 Å². The van der Waals surface area contributed by atoms with Crippen LogP contribution in [-0.4, -0.2) is 65.1 Å². The van der Waals surface area contributed by atoms with Crippen molar-refractivity contribution in [3.63, 3.8) is 0 Å². The third kappa shape index (κ3) is 5.45. The Bertz CT molecular complexity index is 714. The van der Waals surface area contributed by atoms with Crippen molar-refractivity contribution in [1.82, 2.24) is 20.5 Å². The Labute approximate surface area is 162 Å². The van der Waals surface area contributed by atoms with Crippen LogP contribution < -0.4 is 10.6 Å². The van der Waals surface area contributed by atoms with E-state index in [1.807, 2.05) is 0 Å². The molecule has 1 aliphatic carbocycles. The van der Waals surface area contributed by atoms with Gasteiger partial charge >= 0.3 is 0 Å². The maximum atomic E-state index is 13.7. The molecule has 2 aliphatic rings. The molecule has 0 unspecified atom stereocenters. The molecule has 0 aromatic carbocycles. The number of aromatic nitrogens is 1. The van der Waals surface area contributed by atoms with Crippen molar-refractivity contribution in [2.24, 2.45) is 5.92 Å². The molecule has 0 spiro atoms. The smallest absolute Gasteiger partial charge is 0.272 e. The van der Waals surface area contributed by atoms with Gasteiger partial charge < -0.3 is 15.7 Å². The minimum atomic E-state index is -0.989. The van der Waals surface area contributed by atoms with Crippen LogP contribution in [0.4, 0.5) is 8.78 Å². The molecule has 1 saturated carbocycles. The Morgan fingerprint density at radius 3 is 2.61 bits per heavy atom. The van der Waals surface area contributed by atoms with Gasteiger partial charge in [0.1, 0.15) is 5.82 Å². The van der Waals surface area contributed by atoms with Gasteiger partial charge in [0.05, 0.1) is 12.8 Å². The van der Waals surface area contributed by atoms with Gasteiger partial charge in [0.15, 0.2) is 11.5 Å². The number of aliphatic hydroxyl groups is 1. The highest BCUT2D eigenvalue weighted by Gasteiger charge is 2.38. The summed E-state index contributed by atoms with van der Waals surface area (Å²) in [5.74, 6) is -1.97. The summed E-state index contributed by atoms with van der Waals surface area (Å²) in [5, 5.41) is 14.2. The molecule has 28 heavy (non-hydrogen) atoms. The van der Waals surface area contributed by atoms with Gasteiger partial charge in [0.2, 0.25) is 5.91 Å². The first-order chi connectivity index (χ1) is 13.5. The van der Waals surface area contributed by atoms with Crippen molar-refractivity contribution in [1.29, 1.82) is 0 Å². The molecule has 3 N–H and O–H groups in total. The van der Waals surface area contributed by atoms with E-state index in [4.69, 9.17) is 5.11 Å². The largest absolute Gasteiger partial charge is 0.395 e. The normalized spacial score (nSPS) is 22.2. The highest BCUT2D eigenvalue weighted by molar-refractivity contribution is 5.92. The van der Waals surface area contributed by atoms with Gasteiger partial charge in [-0.05, 0) is 31.6 Å². The number of hydrogen-bond acceptors (Lipinski definition) is 5. The van der Waals surface area contributed by atoms with Crippen LogP contribution in [0.15, 0.2) is 12.3 Å². The monoisotopic (exact) mass is 396 g/mol. The highest BCUT2D eigenvalue weighted by atomic mass is 19.1. The van der Waals surface area contributed by atoms with Crippen molar-refractivity contribution >= 4 is 11.8 Å². The molecule has 0 radical (unpaired) electrons. The van der Waals surface area contributed by atoms with E-state index in [9.17, 15) is 18.4 Å². The average molecular weight is 396 g/mol. The van der Waals surface area contributed by atoms with Gasteiger partial charge in [-0.3, -0.25) is 14.5 Å². The molecule has 7 nitrogen and oxygen atoms in total. The number of halogens is 2. The average Bonchev–Trinajstić information content (AvgIpc) is 3.40. The van der Waals surface area contributed by atoms with Gasteiger partial charge in [-0.25, -0.2) is 13.8 Å². The van der Waals surface area contributed by atoms with Crippen LogP contribution in [0.5, 0.6) is 0 Å². The first kappa shape index (κ1) is 20.6. The molecule has 2 heterocycles. The molecule has 1 aliphatic heterocycles. The van der Waals surface area contributed by atoms with Crippen molar-refractivity contribution in [2.75, 3.05) is 26.2 Å². The number of pyridine rings is 1. The maximum Gasteiger partial charge on any atom is 0.272 e. The molecule has 2 fully saturated rings. The summed E-state index contributed by atoms with van der Waals surface area (Å²) in [5.41, 5.74) is -0.423. The zero-order chi connectivity index (χ0) is 20.1. The number of amides is 2. The van der Waals surface area contributed by atoms with E-state index in [0.29, 0.717) is 24.9 Å². The number of nitrogens with zero attached hydrogens (tertiary/aromatic N) is 2. The summed E-state index contributed by atoms with van der Waals surface area (Å²) < 4.78 is 26.7. The number of carbonyl (C=O) groups excluding carboxylic acids is 2. The zero-order valence-corrected chi connectivity index (χ0v) is 15.7. The molecule has 1 aromatic rings. The zero-order valence-electron chi connectivity index (χ0n) is 15.7. The second kappa shape index (κ2) is 9.38. The lowest BCUT2D eigenvalue weighted by atomic mass is 10.1. The maximum absolute atomic E-state index is 13.7. The summed E-state index contributed by atoms with van der Waals surface area (Å²) in [6.07, 6.45) is 5.17. The Morgan fingerprint density at radius 2 is 1.93 bits per heavy atom.